The first-order valence-corrected chi connectivity index (χ1v) is 14.4. The monoisotopic (exact) mass is 522 g/mol. The second-order valence-electron chi connectivity index (χ2n) is 10.6. The Bertz CT molecular complexity index is 1160. The quantitative estimate of drug-likeness (QED) is 0.426. The average molecular weight is 523 g/mol. The number of carbonyl (C=O) groups excluding carboxylic acids is 1. The molecule has 1 saturated heterocycles. The van der Waals surface area contributed by atoms with Crippen LogP contribution >= 0.6 is 0 Å². The van der Waals surface area contributed by atoms with Gasteiger partial charge in [-0.05, 0) is 40.0 Å². The summed E-state index contributed by atoms with van der Waals surface area (Å²) in [7, 11) is -3.38. The van der Waals surface area contributed by atoms with Crippen LogP contribution in [0.4, 0.5) is 16.7 Å². The second-order valence-corrected chi connectivity index (χ2v) is 12.5. The average Bonchev–Trinajstić information content (AvgIpc) is 3.40. The minimum Gasteiger partial charge on any atom is -0.444 e. The lowest BCUT2D eigenvalue weighted by molar-refractivity contribution is 0.0516. The summed E-state index contributed by atoms with van der Waals surface area (Å²) in [5.74, 6) is 1.22. The summed E-state index contributed by atoms with van der Waals surface area (Å²) < 4.78 is 34.7. The highest BCUT2D eigenvalue weighted by Gasteiger charge is 2.30. The molecule has 13 heteroatoms. The molecule has 3 N–H and O–H groups in total. The number of aryl methyl sites for hydroxylation is 1. The number of nitrogens with zero attached hydrogens (tertiary/aromatic N) is 5. The van der Waals surface area contributed by atoms with Crippen molar-refractivity contribution >= 4 is 33.7 Å². The van der Waals surface area contributed by atoms with Crippen molar-refractivity contribution in [1.29, 1.82) is 0 Å². The molecule has 3 heterocycles. The van der Waals surface area contributed by atoms with Crippen LogP contribution in [0.15, 0.2) is 6.07 Å². The van der Waals surface area contributed by atoms with E-state index in [1.165, 1.54) is 0 Å². The molecule has 4 rings (SSSR count). The number of carbonyl (C=O) groups is 1. The number of sulfonamides is 1. The summed E-state index contributed by atoms with van der Waals surface area (Å²) >= 11 is 0. The molecule has 1 aliphatic heterocycles. The Labute approximate surface area is 212 Å². The van der Waals surface area contributed by atoms with Crippen molar-refractivity contribution in [2.24, 2.45) is 5.92 Å². The van der Waals surface area contributed by atoms with Gasteiger partial charge < -0.3 is 20.3 Å². The van der Waals surface area contributed by atoms with Crippen LogP contribution in [0.3, 0.4) is 0 Å². The van der Waals surface area contributed by atoms with Crippen LogP contribution in [-0.2, 0) is 21.2 Å². The molecule has 2 aromatic heterocycles. The summed E-state index contributed by atoms with van der Waals surface area (Å²) in [6.45, 7) is 9.62. The molecule has 1 amide bonds. The van der Waals surface area contributed by atoms with Crippen LogP contribution < -0.4 is 20.3 Å². The first-order chi connectivity index (χ1) is 17.0. The molecule has 0 bridgehead atoms. The Hall–Kier alpha value is -2.67. The van der Waals surface area contributed by atoms with Crippen molar-refractivity contribution in [3.8, 4) is 0 Å². The van der Waals surface area contributed by atoms with Crippen molar-refractivity contribution in [2.45, 2.75) is 71.4 Å². The summed E-state index contributed by atoms with van der Waals surface area (Å²) in [5, 5.41) is 10.5. The van der Waals surface area contributed by atoms with Gasteiger partial charge in [0.25, 0.3) is 0 Å². The highest BCUT2D eigenvalue weighted by molar-refractivity contribution is 7.89. The van der Waals surface area contributed by atoms with E-state index in [-0.39, 0.29) is 24.3 Å². The lowest BCUT2D eigenvalue weighted by Gasteiger charge is -2.39. The Morgan fingerprint density at radius 3 is 2.58 bits per heavy atom. The number of aromatic nitrogens is 4. The number of alkyl carbamates (subject to hydrolysis) is 1. The molecule has 0 atom stereocenters. The van der Waals surface area contributed by atoms with Crippen molar-refractivity contribution < 1.29 is 17.9 Å². The lowest BCUT2D eigenvalue weighted by atomic mass is 10.0. The minimum atomic E-state index is -3.38. The predicted molar refractivity (Wildman–Crippen MR) is 138 cm³/mol. The van der Waals surface area contributed by atoms with E-state index in [1.807, 2.05) is 38.7 Å². The number of hydrogen-bond acceptors (Lipinski definition) is 9. The molecule has 1 saturated carbocycles. The Morgan fingerprint density at radius 2 is 1.92 bits per heavy atom. The number of fused-ring (bicyclic) bond motifs is 1. The second kappa shape index (κ2) is 10.8. The normalized spacial score (nSPS) is 17.4. The zero-order valence-electron chi connectivity index (χ0n) is 21.6. The molecule has 12 nitrogen and oxygen atoms in total. The summed E-state index contributed by atoms with van der Waals surface area (Å²) in [5.41, 5.74) is 1.00. The SMILES string of the molecule is CCc1cc2nc(N3CC(CNC(=O)OC(C)(C)C)C3)nc(NCCS(=O)(=O)NC3CCCC3)n2n1. The van der Waals surface area contributed by atoms with Crippen LogP contribution in [0.2, 0.25) is 0 Å². The van der Waals surface area contributed by atoms with Crippen molar-refractivity contribution in [3.63, 3.8) is 0 Å². The highest BCUT2D eigenvalue weighted by Crippen LogP contribution is 2.24. The lowest BCUT2D eigenvalue weighted by Crippen LogP contribution is -2.52. The Kier molecular flexibility index (Phi) is 7.88. The molecule has 0 spiro atoms. The van der Waals surface area contributed by atoms with E-state index >= 15 is 0 Å². The zero-order valence-corrected chi connectivity index (χ0v) is 22.4. The zero-order chi connectivity index (χ0) is 25.9. The molecule has 0 unspecified atom stereocenters. The summed E-state index contributed by atoms with van der Waals surface area (Å²) in [6.07, 6.45) is 4.27. The molecular formula is C23H38N8O4S. The van der Waals surface area contributed by atoms with Crippen LogP contribution in [0.25, 0.3) is 5.65 Å². The summed E-state index contributed by atoms with van der Waals surface area (Å²) in [4.78, 5) is 23.2. The third-order valence-corrected chi connectivity index (χ3v) is 7.69. The van der Waals surface area contributed by atoms with Crippen LogP contribution in [0.5, 0.6) is 0 Å². The largest absolute Gasteiger partial charge is 0.444 e. The van der Waals surface area contributed by atoms with E-state index < -0.39 is 21.7 Å². The molecule has 200 valence electrons. The smallest absolute Gasteiger partial charge is 0.407 e. The van der Waals surface area contributed by atoms with Crippen LogP contribution in [0.1, 0.15) is 59.1 Å². The molecular weight excluding hydrogens is 484 g/mol. The van der Waals surface area contributed by atoms with Gasteiger partial charge >= 0.3 is 6.09 Å². The van der Waals surface area contributed by atoms with E-state index in [9.17, 15) is 13.2 Å². The van der Waals surface area contributed by atoms with Gasteiger partial charge in [-0.15, -0.1) is 0 Å². The Balaban J connectivity index is 1.37. The minimum absolute atomic E-state index is 0.0473. The van der Waals surface area contributed by atoms with Gasteiger partial charge in [0.1, 0.15) is 5.60 Å². The molecule has 36 heavy (non-hydrogen) atoms. The van der Waals surface area contributed by atoms with E-state index in [2.05, 4.69) is 30.4 Å². The molecule has 0 aromatic carbocycles. The van der Waals surface area contributed by atoms with Gasteiger partial charge in [0.05, 0.1) is 11.4 Å². The first-order valence-electron chi connectivity index (χ1n) is 12.7. The van der Waals surface area contributed by atoms with Gasteiger partial charge in [0.2, 0.25) is 21.9 Å². The predicted octanol–water partition coefficient (Wildman–Crippen LogP) is 1.92. The van der Waals surface area contributed by atoms with Crippen LogP contribution in [0, 0.1) is 5.92 Å². The molecule has 2 aliphatic rings. The molecule has 1 aliphatic carbocycles. The maximum Gasteiger partial charge on any atom is 0.407 e. The maximum atomic E-state index is 12.5. The van der Waals surface area contributed by atoms with E-state index in [1.54, 1.807) is 4.52 Å². The van der Waals surface area contributed by atoms with Gasteiger partial charge in [-0.3, -0.25) is 0 Å². The fourth-order valence-corrected chi connectivity index (χ4v) is 5.64. The third kappa shape index (κ3) is 6.96. The number of rotatable bonds is 10. The highest BCUT2D eigenvalue weighted by atomic mass is 32.2. The summed E-state index contributed by atoms with van der Waals surface area (Å²) in [6, 6.07) is 1.96. The maximum absolute atomic E-state index is 12.5. The van der Waals surface area contributed by atoms with Crippen molar-refractivity contribution in [3.05, 3.63) is 11.8 Å². The first kappa shape index (κ1) is 26.4. The van der Waals surface area contributed by atoms with Gasteiger partial charge in [0.15, 0.2) is 5.65 Å². The Morgan fingerprint density at radius 1 is 1.19 bits per heavy atom. The van der Waals surface area contributed by atoms with E-state index in [0.717, 1.165) is 37.8 Å². The fraction of sp³-hybridized carbons (Fsp3) is 0.739. The van der Waals surface area contributed by atoms with Gasteiger partial charge in [0, 0.05) is 44.2 Å². The van der Waals surface area contributed by atoms with Gasteiger partial charge in [-0.1, -0.05) is 19.8 Å². The number of ether oxygens (including phenoxy) is 1. The van der Waals surface area contributed by atoms with Gasteiger partial charge in [-0.2, -0.15) is 19.6 Å². The number of hydrogen-bond donors (Lipinski definition) is 3. The molecule has 2 aromatic rings. The molecule has 0 radical (unpaired) electrons. The topological polar surface area (TPSA) is 143 Å². The standard InChI is InChI=1S/C23H38N8O4S/c1-5-17-12-19-26-21(30-14-16(15-30)13-25-22(32)35-23(2,3)4)27-20(31(19)28-17)24-10-11-36(33,34)29-18-8-6-7-9-18/h12,16,18,29H,5-11,13-15H2,1-4H3,(H,25,32)(H,24,26,27). The van der Waals surface area contributed by atoms with Crippen LogP contribution in [-0.4, -0.2) is 77.7 Å². The molecule has 2 fully saturated rings. The third-order valence-electron chi connectivity index (χ3n) is 6.25. The number of anilines is 2. The van der Waals surface area contributed by atoms with E-state index in [4.69, 9.17) is 4.74 Å². The number of amides is 1. The van der Waals surface area contributed by atoms with Crippen molar-refractivity contribution in [1.82, 2.24) is 29.6 Å². The van der Waals surface area contributed by atoms with E-state index in [0.29, 0.717) is 37.2 Å². The fourth-order valence-electron chi connectivity index (χ4n) is 4.41. The number of nitrogens with one attached hydrogen (secondary N) is 3. The van der Waals surface area contributed by atoms with Gasteiger partial charge in [-0.25, -0.2) is 17.9 Å². The van der Waals surface area contributed by atoms with Crippen molar-refractivity contribution in [2.75, 3.05) is 42.1 Å².